The minimum Gasteiger partial charge on any atom is -0.347 e. The SMILES string of the molecule is CN1CC(NC(=O)c2ccc(-c3nc(Cc4ccc5[nH]ncc5c4Cl)n(C)n3)cc2Cl)C1. The molecule has 0 aliphatic carbocycles. The Morgan fingerprint density at radius 2 is 2.03 bits per heavy atom. The van der Waals surface area contributed by atoms with Crippen molar-refractivity contribution in [1.29, 1.82) is 0 Å². The highest BCUT2D eigenvalue weighted by atomic mass is 35.5. The number of hydrogen-bond acceptors (Lipinski definition) is 5. The number of likely N-dealkylation sites (tertiary alicyclic amines) is 1. The van der Waals surface area contributed by atoms with Crippen molar-refractivity contribution in [2.24, 2.45) is 7.05 Å². The second-order valence-electron chi connectivity index (χ2n) is 8.11. The number of nitrogens with zero attached hydrogens (tertiary/aromatic N) is 5. The summed E-state index contributed by atoms with van der Waals surface area (Å²) in [6, 6.07) is 9.34. The molecule has 0 unspecified atom stereocenters. The first-order valence-corrected chi connectivity index (χ1v) is 10.9. The van der Waals surface area contributed by atoms with Crippen molar-refractivity contribution < 1.29 is 4.79 Å². The van der Waals surface area contributed by atoms with E-state index >= 15 is 0 Å². The Bertz CT molecular complexity index is 1320. The van der Waals surface area contributed by atoms with E-state index in [4.69, 9.17) is 23.2 Å². The molecule has 1 fully saturated rings. The average Bonchev–Trinajstić information content (AvgIpc) is 3.36. The van der Waals surface area contributed by atoms with Crippen molar-refractivity contribution in [3.63, 3.8) is 0 Å². The molecule has 2 N–H and O–H groups in total. The molecule has 1 aliphatic heterocycles. The lowest BCUT2D eigenvalue weighted by molar-refractivity contribution is 0.0858. The molecule has 2 aromatic carbocycles. The number of likely N-dealkylation sites (N-methyl/N-ethyl adjacent to an activating group) is 1. The first-order chi connectivity index (χ1) is 15.4. The normalized spacial score (nSPS) is 14.6. The number of carbonyl (C=O) groups excluding carboxylic acids is 1. The number of aromatic amines is 1. The number of nitrogens with one attached hydrogen (secondary N) is 2. The first kappa shape index (κ1) is 20.9. The molecule has 0 saturated carbocycles. The zero-order chi connectivity index (χ0) is 22.4. The third-order valence-corrected chi connectivity index (χ3v) is 6.47. The Kier molecular flexibility index (Phi) is 5.36. The highest BCUT2D eigenvalue weighted by Crippen LogP contribution is 2.28. The molecule has 1 saturated heterocycles. The van der Waals surface area contributed by atoms with Crippen LogP contribution in [0.3, 0.4) is 0 Å². The molecule has 0 bridgehead atoms. The third-order valence-electron chi connectivity index (χ3n) is 5.71. The lowest BCUT2D eigenvalue weighted by Crippen LogP contribution is -2.57. The van der Waals surface area contributed by atoms with Crippen molar-refractivity contribution in [1.82, 2.24) is 35.2 Å². The Morgan fingerprint density at radius 3 is 2.78 bits per heavy atom. The highest BCUT2D eigenvalue weighted by Gasteiger charge is 2.26. The van der Waals surface area contributed by atoms with Gasteiger partial charge >= 0.3 is 0 Å². The van der Waals surface area contributed by atoms with Crippen LogP contribution < -0.4 is 5.32 Å². The number of halogens is 2. The maximum Gasteiger partial charge on any atom is 0.253 e. The van der Waals surface area contributed by atoms with Crippen LogP contribution in [0.15, 0.2) is 36.5 Å². The van der Waals surface area contributed by atoms with Crippen LogP contribution in [0.2, 0.25) is 10.0 Å². The van der Waals surface area contributed by atoms with Crippen molar-refractivity contribution in [3.05, 3.63) is 63.5 Å². The fourth-order valence-corrected chi connectivity index (χ4v) is 4.47. The molecule has 0 atom stereocenters. The Hall–Kier alpha value is -2.94. The molecule has 1 amide bonds. The Labute approximate surface area is 194 Å². The number of rotatable bonds is 5. The molecule has 32 heavy (non-hydrogen) atoms. The van der Waals surface area contributed by atoms with Crippen LogP contribution in [0.25, 0.3) is 22.3 Å². The van der Waals surface area contributed by atoms with Gasteiger partial charge in [0, 0.05) is 37.5 Å². The Morgan fingerprint density at radius 1 is 1.22 bits per heavy atom. The van der Waals surface area contributed by atoms with Gasteiger partial charge in [0.05, 0.1) is 33.4 Å². The van der Waals surface area contributed by atoms with E-state index in [1.807, 2.05) is 32.3 Å². The van der Waals surface area contributed by atoms with Gasteiger partial charge in [0.25, 0.3) is 5.91 Å². The maximum atomic E-state index is 12.5. The van der Waals surface area contributed by atoms with Crippen LogP contribution in [0.4, 0.5) is 0 Å². The molecule has 5 rings (SSSR count). The number of amides is 1. The van der Waals surface area contributed by atoms with Gasteiger partial charge in [0.1, 0.15) is 5.82 Å². The molecule has 1 aliphatic rings. The number of carbonyl (C=O) groups is 1. The minimum atomic E-state index is -0.168. The molecule has 0 radical (unpaired) electrons. The summed E-state index contributed by atoms with van der Waals surface area (Å²) in [6.45, 7) is 1.69. The molecule has 4 aromatic rings. The van der Waals surface area contributed by atoms with Crippen molar-refractivity contribution in [2.75, 3.05) is 20.1 Å². The summed E-state index contributed by atoms with van der Waals surface area (Å²) in [7, 11) is 3.86. The minimum absolute atomic E-state index is 0.163. The lowest BCUT2D eigenvalue weighted by atomic mass is 10.1. The van der Waals surface area contributed by atoms with Crippen LogP contribution in [0.1, 0.15) is 21.7 Å². The first-order valence-electron chi connectivity index (χ1n) is 10.2. The van der Waals surface area contributed by atoms with Crippen LogP contribution in [0.5, 0.6) is 0 Å². The van der Waals surface area contributed by atoms with E-state index in [1.54, 1.807) is 23.0 Å². The summed E-state index contributed by atoms with van der Waals surface area (Å²) in [5.74, 6) is 1.13. The van der Waals surface area contributed by atoms with Gasteiger partial charge < -0.3 is 10.2 Å². The molecule has 10 heteroatoms. The molecule has 8 nitrogen and oxygen atoms in total. The van der Waals surface area contributed by atoms with Crippen molar-refractivity contribution >= 4 is 40.0 Å². The van der Waals surface area contributed by atoms with Gasteiger partial charge in [0.15, 0.2) is 5.82 Å². The van der Waals surface area contributed by atoms with E-state index in [0.717, 1.165) is 40.9 Å². The second-order valence-corrected chi connectivity index (χ2v) is 8.89. The highest BCUT2D eigenvalue weighted by molar-refractivity contribution is 6.36. The van der Waals surface area contributed by atoms with Gasteiger partial charge in [-0.3, -0.25) is 14.6 Å². The second kappa shape index (κ2) is 8.20. The van der Waals surface area contributed by atoms with E-state index in [-0.39, 0.29) is 11.9 Å². The average molecular weight is 470 g/mol. The third kappa shape index (κ3) is 3.85. The predicted molar refractivity (Wildman–Crippen MR) is 124 cm³/mol. The van der Waals surface area contributed by atoms with Gasteiger partial charge in [-0.2, -0.15) is 10.2 Å². The van der Waals surface area contributed by atoms with Crippen molar-refractivity contribution in [3.8, 4) is 11.4 Å². The van der Waals surface area contributed by atoms with Gasteiger partial charge in [0.2, 0.25) is 0 Å². The van der Waals surface area contributed by atoms with E-state index < -0.39 is 0 Å². The lowest BCUT2D eigenvalue weighted by Gasteiger charge is -2.36. The standard InChI is InChI=1S/C22H21Cl2N7O/c1-30-10-14(11-30)26-22(32)15-5-3-13(7-17(15)23)21-27-19(31(2)29-21)8-12-4-6-18-16(20(12)24)9-25-28-18/h3-7,9,14H,8,10-11H2,1-2H3,(H,25,28)(H,26,32). The van der Waals surface area contributed by atoms with E-state index in [0.29, 0.717) is 27.9 Å². The van der Waals surface area contributed by atoms with E-state index in [1.165, 1.54) is 0 Å². The van der Waals surface area contributed by atoms with Gasteiger partial charge in [-0.05, 0) is 30.8 Å². The summed E-state index contributed by atoms with van der Waals surface area (Å²) >= 11 is 13.0. The number of aryl methyl sites for hydroxylation is 1. The zero-order valence-electron chi connectivity index (χ0n) is 17.6. The summed E-state index contributed by atoms with van der Waals surface area (Å²) in [6.07, 6.45) is 2.24. The summed E-state index contributed by atoms with van der Waals surface area (Å²) in [5, 5.41) is 16.4. The van der Waals surface area contributed by atoms with Crippen LogP contribution in [0, 0.1) is 0 Å². The topological polar surface area (TPSA) is 91.7 Å². The van der Waals surface area contributed by atoms with E-state index in [9.17, 15) is 4.79 Å². The predicted octanol–water partition coefficient (Wildman–Crippen LogP) is 3.30. The summed E-state index contributed by atoms with van der Waals surface area (Å²) in [4.78, 5) is 19.3. The molecule has 164 valence electrons. The van der Waals surface area contributed by atoms with Gasteiger partial charge in [-0.1, -0.05) is 35.3 Å². The fourth-order valence-electron chi connectivity index (χ4n) is 3.92. The smallest absolute Gasteiger partial charge is 0.253 e. The zero-order valence-corrected chi connectivity index (χ0v) is 19.1. The number of fused-ring (bicyclic) bond motifs is 1. The van der Waals surface area contributed by atoms with Gasteiger partial charge in [-0.25, -0.2) is 4.98 Å². The summed E-state index contributed by atoms with van der Waals surface area (Å²) in [5.41, 5.74) is 3.02. The van der Waals surface area contributed by atoms with Gasteiger partial charge in [-0.15, -0.1) is 0 Å². The fraction of sp³-hybridized carbons (Fsp3) is 0.273. The molecule has 2 aromatic heterocycles. The number of benzene rings is 2. The quantitative estimate of drug-likeness (QED) is 0.467. The van der Waals surface area contributed by atoms with Crippen LogP contribution in [-0.4, -0.2) is 61.9 Å². The molecular weight excluding hydrogens is 449 g/mol. The maximum absolute atomic E-state index is 12.5. The Balaban J connectivity index is 1.36. The van der Waals surface area contributed by atoms with Crippen molar-refractivity contribution in [2.45, 2.75) is 12.5 Å². The summed E-state index contributed by atoms with van der Waals surface area (Å²) < 4.78 is 1.73. The van der Waals surface area contributed by atoms with E-state index in [2.05, 4.69) is 30.5 Å². The monoisotopic (exact) mass is 469 g/mol. The number of hydrogen-bond donors (Lipinski definition) is 2. The van der Waals surface area contributed by atoms with Crippen LogP contribution >= 0.6 is 23.2 Å². The largest absolute Gasteiger partial charge is 0.347 e. The number of aromatic nitrogens is 5. The molecular formula is C22H21Cl2N7O. The van der Waals surface area contributed by atoms with Crippen LogP contribution in [-0.2, 0) is 13.5 Å². The molecule has 0 spiro atoms. The number of H-pyrrole nitrogens is 1. The molecule has 3 heterocycles.